The van der Waals surface area contributed by atoms with Gasteiger partial charge in [0.05, 0.1) is 13.0 Å². The first-order valence-corrected chi connectivity index (χ1v) is 5.17. The smallest absolute Gasteiger partial charge is 0.300 e. The van der Waals surface area contributed by atoms with Crippen molar-refractivity contribution in [2.75, 3.05) is 6.61 Å². The lowest BCUT2D eigenvalue weighted by Gasteiger charge is -2.08. The normalized spacial score (nSPS) is 12.8. The predicted molar refractivity (Wildman–Crippen MR) is 48.6 cm³/mol. The van der Waals surface area contributed by atoms with Crippen LogP contribution >= 0.6 is 8.03 Å². The average molecular weight is 191 g/mol. The Bertz CT molecular complexity index is 187. The third kappa shape index (κ3) is 3.93. The minimum atomic E-state index is -1.73. The van der Waals surface area contributed by atoms with Crippen LogP contribution in [0.2, 0.25) is 0 Å². The number of hydrogen-bond acceptors (Lipinski definition) is 3. The van der Waals surface area contributed by atoms with Crippen molar-refractivity contribution in [1.29, 1.82) is 0 Å². The molecule has 0 saturated carbocycles. The highest BCUT2D eigenvalue weighted by Gasteiger charge is 2.42. The highest BCUT2D eigenvalue weighted by molar-refractivity contribution is 7.41. The number of rotatable bonds is 5. The molecule has 0 amide bonds. The predicted octanol–water partition coefficient (Wildman–Crippen LogP) is 2.52. The summed E-state index contributed by atoms with van der Waals surface area (Å²) in [4.78, 5) is 10.8. The zero-order valence-electron chi connectivity index (χ0n) is 8.09. The second-order valence-corrected chi connectivity index (χ2v) is 5.35. The van der Waals surface area contributed by atoms with Crippen LogP contribution in [0.15, 0.2) is 0 Å². The zero-order valence-corrected chi connectivity index (χ0v) is 8.98. The maximum absolute atomic E-state index is 11.4. The van der Waals surface area contributed by atoms with Gasteiger partial charge in [0, 0.05) is 0 Å². The van der Waals surface area contributed by atoms with Crippen molar-refractivity contribution in [3.05, 3.63) is 0 Å². The first kappa shape index (κ1) is 11.7. The van der Waals surface area contributed by atoms with Gasteiger partial charge in [-0.2, -0.15) is 0 Å². The summed E-state index contributed by atoms with van der Waals surface area (Å²) in [5.41, 5.74) is 0. The van der Waals surface area contributed by atoms with Gasteiger partial charge >= 0.3 is 8.03 Å². The van der Waals surface area contributed by atoms with Crippen LogP contribution < -0.4 is 0 Å². The molecular weight excluding hydrogens is 175 g/mol. The molecule has 0 spiro atoms. The SMILES string of the molecule is CCO[P+](=O)C(C)(C)CC(C)=O. The first-order valence-electron chi connectivity index (χ1n) is 4.00. The largest absolute Gasteiger partial charge is 0.514 e. The van der Waals surface area contributed by atoms with Gasteiger partial charge in [0.1, 0.15) is 5.78 Å². The van der Waals surface area contributed by atoms with Crippen molar-refractivity contribution in [2.24, 2.45) is 0 Å². The summed E-state index contributed by atoms with van der Waals surface area (Å²) < 4.78 is 16.3. The van der Waals surface area contributed by atoms with Crippen molar-refractivity contribution < 1.29 is 13.9 Å². The highest BCUT2D eigenvalue weighted by Crippen LogP contribution is 2.41. The molecule has 0 aromatic rings. The Morgan fingerprint density at radius 1 is 1.50 bits per heavy atom. The molecule has 70 valence electrons. The van der Waals surface area contributed by atoms with Gasteiger partial charge in [0.2, 0.25) is 0 Å². The van der Waals surface area contributed by atoms with Crippen molar-refractivity contribution in [2.45, 2.75) is 39.3 Å². The van der Waals surface area contributed by atoms with Gasteiger partial charge in [-0.1, -0.05) is 0 Å². The number of carbonyl (C=O) groups is 1. The van der Waals surface area contributed by atoms with Gasteiger partial charge in [0.15, 0.2) is 5.16 Å². The summed E-state index contributed by atoms with van der Waals surface area (Å²) >= 11 is 0. The Hall–Kier alpha value is -0.270. The van der Waals surface area contributed by atoms with E-state index in [1.165, 1.54) is 6.92 Å². The molecule has 4 heteroatoms. The minimum Gasteiger partial charge on any atom is -0.300 e. The van der Waals surface area contributed by atoms with Crippen molar-refractivity contribution in [1.82, 2.24) is 0 Å². The number of carbonyl (C=O) groups excluding carboxylic acids is 1. The zero-order chi connectivity index (χ0) is 9.78. The van der Waals surface area contributed by atoms with E-state index in [4.69, 9.17) is 4.52 Å². The van der Waals surface area contributed by atoms with E-state index in [0.717, 1.165) is 0 Å². The summed E-state index contributed by atoms with van der Waals surface area (Å²) in [7, 11) is -1.73. The van der Waals surface area contributed by atoms with E-state index in [0.29, 0.717) is 13.0 Å². The number of Topliss-reactive ketones (excluding diaryl/α,β-unsaturated/α-hetero) is 1. The fourth-order valence-corrected chi connectivity index (χ4v) is 1.90. The quantitative estimate of drug-likeness (QED) is 0.627. The van der Waals surface area contributed by atoms with Crippen LogP contribution in [-0.4, -0.2) is 17.5 Å². The van der Waals surface area contributed by atoms with E-state index in [-0.39, 0.29) is 5.78 Å². The lowest BCUT2D eigenvalue weighted by Crippen LogP contribution is -2.19. The summed E-state index contributed by atoms with van der Waals surface area (Å²) in [6.45, 7) is 7.27. The van der Waals surface area contributed by atoms with Crippen LogP contribution in [0.4, 0.5) is 0 Å². The Labute approximate surface area is 74.4 Å². The van der Waals surface area contributed by atoms with Crippen molar-refractivity contribution in [3.8, 4) is 0 Å². The van der Waals surface area contributed by atoms with Gasteiger partial charge < -0.3 is 0 Å². The van der Waals surface area contributed by atoms with E-state index in [9.17, 15) is 9.36 Å². The molecule has 0 aliphatic carbocycles. The first-order chi connectivity index (χ1) is 5.40. The topological polar surface area (TPSA) is 43.4 Å². The minimum absolute atomic E-state index is 0.0445. The second-order valence-electron chi connectivity index (χ2n) is 3.37. The third-order valence-electron chi connectivity index (χ3n) is 1.42. The summed E-state index contributed by atoms with van der Waals surface area (Å²) in [5, 5.41) is -0.531. The molecule has 0 aromatic carbocycles. The fraction of sp³-hybridized carbons (Fsp3) is 0.875. The van der Waals surface area contributed by atoms with Gasteiger partial charge in [-0.25, -0.2) is 0 Å². The van der Waals surface area contributed by atoms with Crippen molar-refractivity contribution >= 4 is 13.8 Å². The van der Waals surface area contributed by atoms with Crippen LogP contribution in [0.25, 0.3) is 0 Å². The number of hydrogen-bond donors (Lipinski definition) is 0. The number of ketones is 1. The monoisotopic (exact) mass is 191 g/mol. The molecule has 0 fully saturated rings. The Morgan fingerprint density at radius 2 is 2.00 bits per heavy atom. The van der Waals surface area contributed by atoms with E-state index >= 15 is 0 Å². The summed E-state index contributed by atoms with van der Waals surface area (Å²) in [6.07, 6.45) is 0.308. The highest BCUT2D eigenvalue weighted by atomic mass is 31.1. The van der Waals surface area contributed by atoms with E-state index in [1.54, 1.807) is 20.8 Å². The molecule has 3 nitrogen and oxygen atoms in total. The molecule has 0 saturated heterocycles. The van der Waals surface area contributed by atoms with Gasteiger partial charge in [-0.15, -0.1) is 4.52 Å². The Kier molecular flexibility index (Phi) is 4.58. The summed E-state index contributed by atoms with van der Waals surface area (Å²) in [6, 6.07) is 0. The Morgan fingerprint density at radius 3 is 2.33 bits per heavy atom. The summed E-state index contributed by atoms with van der Waals surface area (Å²) in [5.74, 6) is 0.0445. The van der Waals surface area contributed by atoms with E-state index < -0.39 is 13.2 Å². The van der Waals surface area contributed by atoms with Crippen LogP contribution in [0.1, 0.15) is 34.1 Å². The lowest BCUT2D eigenvalue weighted by molar-refractivity contribution is -0.117. The molecule has 1 atom stereocenters. The molecule has 1 unspecified atom stereocenters. The molecule has 0 heterocycles. The fourth-order valence-electron chi connectivity index (χ4n) is 0.966. The molecule has 12 heavy (non-hydrogen) atoms. The van der Waals surface area contributed by atoms with Crippen molar-refractivity contribution in [3.63, 3.8) is 0 Å². The van der Waals surface area contributed by atoms with Crippen LogP contribution in [0.5, 0.6) is 0 Å². The maximum atomic E-state index is 11.4. The molecule has 0 bridgehead atoms. The molecule has 0 aromatic heterocycles. The van der Waals surface area contributed by atoms with Crippen LogP contribution in [0, 0.1) is 0 Å². The van der Waals surface area contributed by atoms with Crippen LogP contribution in [0.3, 0.4) is 0 Å². The standard InChI is InChI=1S/C8H16O3P/c1-5-11-12(10)8(3,4)6-7(2)9/h5-6H2,1-4H3/q+1. The molecule has 0 aliphatic heterocycles. The van der Waals surface area contributed by atoms with Gasteiger partial charge in [-0.3, -0.25) is 4.79 Å². The van der Waals surface area contributed by atoms with Gasteiger partial charge in [-0.05, 0) is 32.3 Å². The molecule has 0 radical (unpaired) electrons. The molecule has 0 rings (SSSR count). The second kappa shape index (κ2) is 4.68. The van der Waals surface area contributed by atoms with Gasteiger partial charge in [0.25, 0.3) is 0 Å². The molecular formula is C8H16O3P+. The van der Waals surface area contributed by atoms with E-state index in [2.05, 4.69) is 0 Å². The van der Waals surface area contributed by atoms with Crippen LogP contribution in [-0.2, 0) is 13.9 Å². The molecule has 0 N–H and O–H groups in total. The lowest BCUT2D eigenvalue weighted by atomic mass is 10.1. The Balaban J connectivity index is 4.18. The maximum Gasteiger partial charge on any atom is 0.514 e. The average Bonchev–Trinajstić information content (AvgIpc) is 1.85. The molecule has 0 aliphatic rings. The van der Waals surface area contributed by atoms with E-state index in [1.807, 2.05) is 0 Å². The third-order valence-corrected chi connectivity index (χ3v) is 3.06.